The number of benzene rings is 1. The zero-order valence-electron chi connectivity index (χ0n) is 14.0. The summed E-state index contributed by atoms with van der Waals surface area (Å²) < 4.78 is 45.9. The number of nitro benzene ring substituents is 1. The Kier molecular flexibility index (Phi) is 4.81. The molecule has 2 atom stereocenters. The molecule has 0 bridgehead atoms. The number of halogens is 3. The third-order valence-electron chi connectivity index (χ3n) is 4.68. The molecule has 11 heteroatoms. The molecule has 1 N–H and O–H groups in total. The number of carbonyl (C=O) groups is 1. The van der Waals surface area contributed by atoms with Gasteiger partial charge in [-0.2, -0.15) is 23.3 Å². The topological polar surface area (TPSA) is 105 Å². The molecule has 1 aliphatic carbocycles. The van der Waals surface area contributed by atoms with Gasteiger partial charge in [0.25, 0.3) is 17.3 Å². The van der Waals surface area contributed by atoms with Gasteiger partial charge in [0.2, 0.25) is 0 Å². The van der Waals surface area contributed by atoms with Gasteiger partial charge in [0.1, 0.15) is 5.75 Å². The second-order valence-electron chi connectivity index (χ2n) is 6.36. The first kappa shape index (κ1) is 19.1. The number of fused-ring (bicyclic) bond motifs is 1. The minimum absolute atomic E-state index is 0.0637. The van der Waals surface area contributed by atoms with Crippen LogP contribution in [0.25, 0.3) is 0 Å². The minimum Gasteiger partial charge on any atom is -0.484 e. The number of alkyl halides is 3. The van der Waals surface area contributed by atoms with Crippen molar-refractivity contribution in [3.8, 4) is 5.75 Å². The fourth-order valence-electron chi connectivity index (χ4n) is 3.33. The Bertz CT molecular complexity index is 781. The highest BCUT2D eigenvalue weighted by Gasteiger charge is 2.68. The van der Waals surface area contributed by atoms with E-state index in [1.165, 1.54) is 12.1 Å². The van der Waals surface area contributed by atoms with Crippen LogP contribution in [0.3, 0.4) is 0 Å². The minimum atomic E-state index is -5.08. The fourth-order valence-corrected chi connectivity index (χ4v) is 3.33. The van der Waals surface area contributed by atoms with E-state index >= 15 is 0 Å². The Hall–Kier alpha value is -2.69. The van der Waals surface area contributed by atoms with E-state index in [2.05, 4.69) is 5.10 Å². The molecular formula is C16H16F3N3O5. The number of carbonyl (C=O) groups excluding carboxylic acids is 1. The van der Waals surface area contributed by atoms with Crippen molar-refractivity contribution in [1.82, 2.24) is 5.01 Å². The lowest BCUT2D eigenvalue weighted by Crippen LogP contribution is -2.62. The highest BCUT2D eigenvalue weighted by molar-refractivity contribution is 5.93. The van der Waals surface area contributed by atoms with E-state index in [1.54, 1.807) is 0 Å². The van der Waals surface area contributed by atoms with Crippen LogP contribution in [-0.2, 0) is 4.79 Å². The zero-order chi connectivity index (χ0) is 19.8. The maximum atomic E-state index is 13.6. The summed E-state index contributed by atoms with van der Waals surface area (Å²) in [7, 11) is 0. The molecule has 1 aromatic carbocycles. The number of nitro groups is 1. The van der Waals surface area contributed by atoms with Gasteiger partial charge in [-0.1, -0.05) is 6.42 Å². The summed E-state index contributed by atoms with van der Waals surface area (Å²) in [6.07, 6.45) is -3.56. The first-order valence-electron chi connectivity index (χ1n) is 8.21. The van der Waals surface area contributed by atoms with Crippen LogP contribution in [0.15, 0.2) is 29.4 Å². The highest BCUT2D eigenvalue weighted by atomic mass is 19.4. The quantitative estimate of drug-likeness (QED) is 0.632. The van der Waals surface area contributed by atoms with Crippen molar-refractivity contribution in [2.45, 2.75) is 37.6 Å². The molecule has 0 aromatic heterocycles. The SMILES string of the molecule is O=C(COc1ccc([N+](=O)[O-])cc1)N1N=C2CCCC[C@@H]2[C@@]1(O)C(F)(F)F. The lowest BCUT2D eigenvalue weighted by Gasteiger charge is -2.38. The maximum absolute atomic E-state index is 13.6. The number of non-ortho nitro benzene ring substituents is 1. The second-order valence-corrected chi connectivity index (χ2v) is 6.36. The van der Waals surface area contributed by atoms with Crippen molar-refractivity contribution < 1.29 is 32.7 Å². The smallest absolute Gasteiger partial charge is 0.439 e. The largest absolute Gasteiger partial charge is 0.484 e. The third-order valence-corrected chi connectivity index (χ3v) is 4.68. The van der Waals surface area contributed by atoms with Gasteiger partial charge < -0.3 is 9.84 Å². The molecule has 8 nitrogen and oxygen atoms in total. The van der Waals surface area contributed by atoms with E-state index in [0.717, 1.165) is 12.1 Å². The van der Waals surface area contributed by atoms with Crippen LogP contribution in [-0.4, -0.2) is 45.2 Å². The molecule has 0 spiro atoms. The number of aliphatic hydroxyl groups is 1. The number of hydrogen-bond acceptors (Lipinski definition) is 6. The van der Waals surface area contributed by atoms with E-state index < -0.39 is 35.3 Å². The molecule has 1 aromatic rings. The first-order chi connectivity index (χ1) is 12.6. The van der Waals surface area contributed by atoms with Crippen molar-refractivity contribution in [3.63, 3.8) is 0 Å². The molecule has 2 aliphatic rings. The van der Waals surface area contributed by atoms with E-state index in [4.69, 9.17) is 4.74 Å². The van der Waals surface area contributed by atoms with E-state index in [0.29, 0.717) is 12.8 Å². The summed E-state index contributed by atoms with van der Waals surface area (Å²) in [5.41, 5.74) is -3.43. The molecule has 0 unspecified atom stereocenters. The van der Waals surface area contributed by atoms with Gasteiger partial charge >= 0.3 is 6.18 Å². The molecule has 3 rings (SSSR count). The van der Waals surface area contributed by atoms with Crippen LogP contribution in [0.2, 0.25) is 0 Å². The van der Waals surface area contributed by atoms with E-state index in [9.17, 15) is 33.2 Å². The number of nitrogens with zero attached hydrogens (tertiary/aromatic N) is 3. The molecule has 27 heavy (non-hydrogen) atoms. The number of amides is 1. The van der Waals surface area contributed by atoms with Gasteiger partial charge in [0.15, 0.2) is 6.61 Å². The number of hydrazone groups is 1. The van der Waals surface area contributed by atoms with Gasteiger partial charge in [-0.15, -0.1) is 0 Å². The number of rotatable bonds is 4. The summed E-state index contributed by atoms with van der Waals surface area (Å²) in [6, 6.07) is 4.71. The maximum Gasteiger partial charge on any atom is 0.439 e. The Labute approximate surface area is 151 Å². The monoisotopic (exact) mass is 387 g/mol. The second kappa shape index (κ2) is 6.80. The Morgan fingerprint density at radius 2 is 2.04 bits per heavy atom. The van der Waals surface area contributed by atoms with E-state index in [1.807, 2.05) is 0 Å². The molecule has 1 saturated carbocycles. The summed E-state index contributed by atoms with van der Waals surface area (Å²) >= 11 is 0. The van der Waals surface area contributed by atoms with Crippen molar-refractivity contribution in [2.75, 3.05) is 6.61 Å². The van der Waals surface area contributed by atoms with Crippen LogP contribution in [0.1, 0.15) is 25.7 Å². The van der Waals surface area contributed by atoms with Crippen LogP contribution in [0, 0.1) is 16.0 Å². The summed E-state index contributed by atoms with van der Waals surface area (Å²) in [5.74, 6) is -2.38. The molecule has 1 heterocycles. The van der Waals surface area contributed by atoms with Crippen LogP contribution in [0.4, 0.5) is 18.9 Å². The Morgan fingerprint density at radius 1 is 1.37 bits per heavy atom. The number of hydrogen-bond donors (Lipinski definition) is 1. The standard InChI is InChI=1S/C16H16F3N3O5/c17-16(18,19)15(24)12-3-1-2-4-13(12)20-21(15)14(23)9-27-11-7-5-10(6-8-11)22(25)26/h5-8,12,24H,1-4,9H2/t12-,15+/m0/s1. The van der Waals surface area contributed by atoms with Gasteiger partial charge in [-0.05, 0) is 31.4 Å². The number of ether oxygens (including phenoxy) is 1. The van der Waals surface area contributed by atoms with Gasteiger partial charge in [0, 0.05) is 17.8 Å². The third kappa shape index (κ3) is 3.34. The first-order valence-corrected chi connectivity index (χ1v) is 8.21. The van der Waals surface area contributed by atoms with Crippen LogP contribution >= 0.6 is 0 Å². The normalized spacial score (nSPS) is 25.0. The molecule has 146 valence electrons. The van der Waals surface area contributed by atoms with E-state index in [-0.39, 0.29) is 35.0 Å². The summed E-state index contributed by atoms with van der Waals surface area (Å²) in [6.45, 7) is -0.806. The molecule has 0 radical (unpaired) electrons. The molecule has 0 saturated heterocycles. The molecule has 1 fully saturated rings. The predicted octanol–water partition coefficient (Wildman–Crippen LogP) is 2.61. The van der Waals surface area contributed by atoms with Crippen LogP contribution < -0.4 is 4.74 Å². The van der Waals surface area contributed by atoms with Crippen molar-refractivity contribution >= 4 is 17.3 Å². The Balaban J connectivity index is 1.76. The van der Waals surface area contributed by atoms with Crippen molar-refractivity contribution in [1.29, 1.82) is 0 Å². The van der Waals surface area contributed by atoms with Gasteiger partial charge in [-0.25, -0.2) is 0 Å². The molecular weight excluding hydrogens is 371 g/mol. The average Bonchev–Trinajstić information content (AvgIpc) is 2.94. The predicted molar refractivity (Wildman–Crippen MR) is 85.8 cm³/mol. The lowest BCUT2D eigenvalue weighted by atomic mass is 9.80. The summed E-state index contributed by atoms with van der Waals surface area (Å²) in [4.78, 5) is 22.3. The zero-order valence-corrected chi connectivity index (χ0v) is 14.0. The molecule has 1 aliphatic heterocycles. The van der Waals surface area contributed by atoms with Gasteiger partial charge in [0.05, 0.1) is 10.8 Å². The van der Waals surface area contributed by atoms with Gasteiger partial charge in [-0.3, -0.25) is 14.9 Å². The fraction of sp³-hybridized carbons (Fsp3) is 0.500. The average molecular weight is 387 g/mol. The Morgan fingerprint density at radius 3 is 2.63 bits per heavy atom. The lowest BCUT2D eigenvalue weighted by molar-refractivity contribution is -0.384. The van der Waals surface area contributed by atoms with Crippen LogP contribution in [0.5, 0.6) is 5.75 Å². The molecule has 1 amide bonds. The summed E-state index contributed by atoms with van der Waals surface area (Å²) in [5, 5.41) is 24.8. The van der Waals surface area contributed by atoms with Crippen molar-refractivity contribution in [2.24, 2.45) is 11.0 Å². The highest BCUT2D eigenvalue weighted by Crippen LogP contribution is 2.48. The van der Waals surface area contributed by atoms with Crippen molar-refractivity contribution in [3.05, 3.63) is 34.4 Å².